The molecule has 1 aromatic heterocycles. The molecule has 0 saturated carbocycles. The summed E-state index contributed by atoms with van der Waals surface area (Å²) in [4.78, 5) is 18.1. The summed E-state index contributed by atoms with van der Waals surface area (Å²) < 4.78 is 1.84. The van der Waals surface area contributed by atoms with Crippen molar-refractivity contribution in [3.8, 4) is 0 Å². The van der Waals surface area contributed by atoms with E-state index in [1.165, 1.54) is 0 Å². The van der Waals surface area contributed by atoms with E-state index in [2.05, 4.69) is 10.1 Å². The quantitative estimate of drug-likeness (QED) is 0.867. The molecule has 1 amide bonds. The van der Waals surface area contributed by atoms with Crippen LogP contribution in [0.3, 0.4) is 0 Å². The van der Waals surface area contributed by atoms with E-state index >= 15 is 0 Å². The van der Waals surface area contributed by atoms with Crippen LogP contribution in [-0.2, 0) is 11.3 Å². The molecule has 1 saturated heterocycles. The molecule has 1 aliphatic heterocycles. The maximum Gasteiger partial charge on any atom is 0.224 e. The lowest BCUT2D eigenvalue weighted by atomic mass is 9.96. The smallest absolute Gasteiger partial charge is 0.224 e. The Bertz CT molecular complexity index is 409. The van der Waals surface area contributed by atoms with Crippen LogP contribution >= 0.6 is 0 Å². The molecule has 2 N–H and O–H groups in total. The van der Waals surface area contributed by atoms with E-state index in [0.717, 1.165) is 32.5 Å². The fourth-order valence-corrected chi connectivity index (χ4v) is 2.53. The molecular formula is C13H23N5O. The molecule has 1 atom stereocenters. The number of hydrogen-bond acceptors (Lipinski definition) is 4. The molecule has 6 nitrogen and oxygen atoms in total. The van der Waals surface area contributed by atoms with Crippen LogP contribution in [0.1, 0.15) is 33.1 Å². The second-order valence-corrected chi connectivity index (χ2v) is 6.13. The second-order valence-electron chi connectivity index (χ2n) is 6.13. The minimum atomic E-state index is -0.435. The van der Waals surface area contributed by atoms with Crippen molar-refractivity contribution in [3.63, 3.8) is 0 Å². The van der Waals surface area contributed by atoms with Crippen molar-refractivity contribution < 1.29 is 4.79 Å². The Morgan fingerprint density at radius 3 is 2.95 bits per heavy atom. The van der Waals surface area contributed by atoms with Gasteiger partial charge in [0, 0.05) is 31.6 Å². The molecule has 6 heteroatoms. The monoisotopic (exact) mass is 265 g/mol. The van der Waals surface area contributed by atoms with Gasteiger partial charge < -0.3 is 10.6 Å². The summed E-state index contributed by atoms with van der Waals surface area (Å²) in [5.74, 6) is 0.621. The number of aromatic nitrogens is 3. The first-order chi connectivity index (χ1) is 8.94. The second kappa shape index (κ2) is 5.69. The molecule has 2 rings (SSSR count). The van der Waals surface area contributed by atoms with Crippen LogP contribution in [0.4, 0.5) is 0 Å². The van der Waals surface area contributed by atoms with Gasteiger partial charge in [0.15, 0.2) is 0 Å². The van der Waals surface area contributed by atoms with Crippen molar-refractivity contribution in [1.82, 2.24) is 19.7 Å². The predicted molar refractivity (Wildman–Crippen MR) is 72.2 cm³/mol. The van der Waals surface area contributed by atoms with Crippen molar-refractivity contribution in [2.75, 3.05) is 13.1 Å². The minimum Gasteiger partial charge on any atom is -0.342 e. The molecule has 2 heterocycles. The number of carbonyl (C=O) groups is 1. The SMILES string of the molecule is CC(C)(N)CC(=O)N1CCCC(Cn2cncn2)C1. The number of hydrogen-bond donors (Lipinski definition) is 1. The molecule has 1 aliphatic rings. The largest absolute Gasteiger partial charge is 0.342 e. The molecule has 1 aromatic rings. The highest BCUT2D eigenvalue weighted by atomic mass is 16.2. The number of nitrogens with two attached hydrogens (primary N) is 1. The summed E-state index contributed by atoms with van der Waals surface area (Å²) >= 11 is 0. The molecule has 0 bridgehead atoms. The summed E-state index contributed by atoms with van der Waals surface area (Å²) in [5, 5.41) is 4.12. The molecule has 0 radical (unpaired) electrons. The highest BCUT2D eigenvalue weighted by Gasteiger charge is 2.26. The van der Waals surface area contributed by atoms with Crippen molar-refractivity contribution in [3.05, 3.63) is 12.7 Å². The maximum absolute atomic E-state index is 12.2. The molecule has 0 aliphatic carbocycles. The van der Waals surface area contributed by atoms with Gasteiger partial charge in [-0.05, 0) is 32.6 Å². The van der Waals surface area contributed by atoms with E-state index in [-0.39, 0.29) is 5.91 Å². The van der Waals surface area contributed by atoms with Gasteiger partial charge in [-0.3, -0.25) is 9.48 Å². The minimum absolute atomic E-state index is 0.163. The van der Waals surface area contributed by atoms with E-state index in [1.807, 2.05) is 23.4 Å². The Morgan fingerprint density at radius 1 is 1.53 bits per heavy atom. The topological polar surface area (TPSA) is 77.0 Å². The molecule has 0 spiro atoms. The summed E-state index contributed by atoms with van der Waals surface area (Å²) in [6.45, 7) is 6.26. The van der Waals surface area contributed by atoms with Crippen LogP contribution in [0, 0.1) is 5.92 Å². The summed E-state index contributed by atoms with van der Waals surface area (Å²) in [7, 11) is 0. The molecular weight excluding hydrogens is 242 g/mol. The fraction of sp³-hybridized carbons (Fsp3) is 0.769. The normalized spacial score (nSPS) is 20.6. The molecule has 1 unspecified atom stereocenters. The number of rotatable bonds is 4. The fourth-order valence-electron chi connectivity index (χ4n) is 2.53. The highest BCUT2D eigenvalue weighted by Crippen LogP contribution is 2.19. The molecule has 0 aromatic carbocycles. The Hall–Kier alpha value is -1.43. The molecule has 19 heavy (non-hydrogen) atoms. The number of piperidine rings is 1. The van der Waals surface area contributed by atoms with Gasteiger partial charge >= 0.3 is 0 Å². The number of carbonyl (C=O) groups excluding carboxylic acids is 1. The summed E-state index contributed by atoms with van der Waals surface area (Å²) in [5.41, 5.74) is 5.48. The van der Waals surface area contributed by atoms with E-state index in [0.29, 0.717) is 12.3 Å². The van der Waals surface area contributed by atoms with E-state index in [9.17, 15) is 4.79 Å². The van der Waals surface area contributed by atoms with Crippen molar-refractivity contribution in [1.29, 1.82) is 0 Å². The highest BCUT2D eigenvalue weighted by molar-refractivity contribution is 5.77. The van der Waals surface area contributed by atoms with Gasteiger partial charge in [-0.15, -0.1) is 0 Å². The molecule has 106 valence electrons. The van der Waals surface area contributed by atoms with E-state index in [4.69, 9.17) is 5.73 Å². The number of likely N-dealkylation sites (tertiary alicyclic amines) is 1. The van der Waals surface area contributed by atoms with Crippen LogP contribution in [-0.4, -0.2) is 44.2 Å². The Labute approximate surface area is 114 Å². The van der Waals surface area contributed by atoms with Crippen molar-refractivity contribution in [2.45, 2.75) is 45.2 Å². The lowest BCUT2D eigenvalue weighted by Crippen LogP contribution is -2.45. The van der Waals surface area contributed by atoms with Crippen LogP contribution < -0.4 is 5.73 Å². The first-order valence-corrected chi connectivity index (χ1v) is 6.83. The van der Waals surface area contributed by atoms with Crippen LogP contribution in [0.5, 0.6) is 0 Å². The van der Waals surface area contributed by atoms with Gasteiger partial charge in [-0.2, -0.15) is 5.10 Å². The van der Waals surface area contributed by atoms with Gasteiger partial charge in [-0.25, -0.2) is 4.98 Å². The molecule has 1 fully saturated rings. The van der Waals surface area contributed by atoms with Gasteiger partial charge in [0.25, 0.3) is 0 Å². The number of nitrogens with zero attached hydrogens (tertiary/aromatic N) is 4. The van der Waals surface area contributed by atoms with Crippen LogP contribution in [0.25, 0.3) is 0 Å². The van der Waals surface area contributed by atoms with Gasteiger partial charge in [-0.1, -0.05) is 0 Å². The first-order valence-electron chi connectivity index (χ1n) is 6.83. The number of amides is 1. The van der Waals surface area contributed by atoms with E-state index in [1.54, 1.807) is 12.7 Å². The van der Waals surface area contributed by atoms with Gasteiger partial charge in [0.2, 0.25) is 5.91 Å². The zero-order valence-corrected chi connectivity index (χ0v) is 11.7. The maximum atomic E-state index is 12.2. The lowest BCUT2D eigenvalue weighted by molar-refractivity contribution is -0.134. The average Bonchev–Trinajstić information content (AvgIpc) is 2.80. The zero-order valence-electron chi connectivity index (χ0n) is 11.7. The van der Waals surface area contributed by atoms with E-state index < -0.39 is 5.54 Å². The van der Waals surface area contributed by atoms with Crippen LogP contribution in [0.2, 0.25) is 0 Å². The summed E-state index contributed by atoms with van der Waals surface area (Å²) in [6, 6.07) is 0. The Kier molecular flexibility index (Phi) is 4.19. The third-order valence-electron chi connectivity index (χ3n) is 3.39. The third kappa shape index (κ3) is 4.31. The zero-order chi connectivity index (χ0) is 13.9. The van der Waals surface area contributed by atoms with Crippen LogP contribution in [0.15, 0.2) is 12.7 Å². The van der Waals surface area contributed by atoms with Crippen molar-refractivity contribution >= 4 is 5.91 Å². The Balaban J connectivity index is 1.88. The van der Waals surface area contributed by atoms with Gasteiger partial charge in [0.05, 0.1) is 0 Å². The Morgan fingerprint density at radius 2 is 2.32 bits per heavy atom. The van der Waals surface area contributed by atoms with Gasteiger partial charge in [0.1, 0.15) is 12.7 Å². The lowest BCUT2D eigenvalue weighted by Gasteiger charge is -2.34. The van der Waals surface area contributed by atoms with Crippen molar-refractivity contribution in [2.24, 2.45) is 11.7 Å². The third-order valence-corrected chi connectivity index (χ3v) is 3.39. The summed E-state index contributed by atoms with van der Waals surface area (Å²) in [6.07, 6.45) is 5.86. The average molecular weight is 265 g/mol. The standard InChI is InChI=1S/C13H23N5O/c1-13(2,14)6-12(19)17-5-3-4-11(7-17)8-18-10-15-9-16-18/h9-11H,3-8,14H2,1-2H3. The predicted octanol–water partition coefficient (Wildman–Crippen LogP) is 0.644. The first kappa shape index (κ1) is 14.0.